The lowest BCUT2D eigenvalue weighted by atomic mass is 10.0. The zero-order valence-corrected chi connectivity index (χ0v) is 28.8. The highest BCUT2D eigenvalue weighted by molar-refractivity contribution is 6.12. The van der Waals surface area contributed by atoms with Crippen molar-refractivity contribution in [1.29, 1.82) is 0 Å². The molecule has 0 bridgehead atoms. The fourth-order valence-corrected chi connectivity index (χ4v) is 8.03. The molecule has 0 saturated carbocycles. The van der Waals surface area contributed by atoms with Crippen LogP contribution in [-0.2, 0) is 0 Å². The van der Waals surface area contributed by atoms with Gasteiger partial charge in [0, 0.05) is 50.0 Å². The number of hydrogen-bond acceptors (Lipinski definition) is 1. The zero-order valence-electron chi connectivity index (χ0n) is 28.8. The van der Waals surface area contributed by atoms with Crippen LogP contribution in [0, 0.1) is 6.92 Å². The van der Waals surface area contributed by atoms with E-state index in [1.165, 1.54) is 66.0 Å². The molecule has 8 aromatic carbocycles. The molecule has 246 valence electrons. The summed E-state index contributed by atoms with van der Waals surface area (Å²) in [5.74, 6) is 0. The van der Waals surface area contributed by atoms with Crippen molar-refractivity contribution in [3.63, 3.8) is 0 Å². The van der Waals surface area contributed by atoms with Gasteiger partial charge in [0.2, 0.25) is 0 Å². The first-order valence-electron chi connectivity index (χ1n) is 17.9. The Hall–Kier alpha value is -6.84. The van der Waals surface area contributed by atoms with E-state index >= 15 is 0 Å². The monoisotopic (exact) mass is 665 g/mol. The van der Waals surface area contributed by atoms with Crippen LogP contribution in [0.2, 0.25) is 0 Å². The fourth-order valence-electron chi connectivity index (χ4n) is 8.03. The second-order valence-electron chi connectivity index (χ2n) is 13.5. The van der Waals surface area contributed by atoms with Crippen LogP contribution < -0.4 is 4.90 Å². The van der Waals surface area contributed by atoms with Gasteiger partial charge in [0.05, 0.1) is 22.1 Å². The molecule has 10 aromatic rings. The highest BCUT2D eigenvalue weighted by Crippen LogP contribution is 2.40. The van der Waals surface area contributed by atoms with Crippen molar-refractivity contribution < 1.29 is 0 Å². The fraction of sp³-hybridized carbons (Fsp3) is 0.0204. The van der Waals surface area contributed by atoms with Crippen LogP contribution in [-0.4, -0.2) is 9.13 Å². The summed E-state index contributed by atoms with van der Waals surface area (Å²) < 4.78 is 4.82. The number of rotatable bonds is 6. The van der Waals surface area contributed by atoms with E-state index in [0.29, 0.717) is 0 Å². The van der Waals surface area contributed by atoms with Gasteiger partial charge in [-0.1, -0.05) is 109 Å². The van der Waals surface area contributed by atoms with Gasteiger partial charge in [-0.3, -0.25) is 0 Å². The Morgan fingerprint density at radius 2 is 0.827 bits per heavy atom. The molecule has 0 amide bonds. The van der Waals surface area contributed by atoms with Crippen molar-refractivity contribution in [2.75, 3.05) is 4.90 Å². The van der Waals surface area contributed by atoms with Crippen molar-refractivity contribution in [3.8, 4) is 22.5 Å². The van der Waals surface area contributed by atoms with Gasteiger partial charge in [-0.15, -0.1) is 0 Å². The standard InChI is InChI=1S/C49H35N3/c1-34-15-8-11-24-45(34)52-47-26-13-10-23-42(47)44-32-36(28-30-49(44)52)35-27-29-48-43(31-35)41-22-9-12-25-46(41)51(48)40-21-14-20-39(33-40)50(37-16-4-2-5-17-37)38-18-6-3-7-19-38/h2-33H,1H3. The maximum Gasteiger partial charge on any atom is 0.0541 e. The molecule has 0 aliphatic rings. The van der Waals surface area contributed by atoms with Gasteiger partial charge in [-0.05, 0) is 109 Å². The van der Waals surface area contributed by atoms with E-state index < -0.39 is 0 Å². The Kier molecular flexibility index (Phi) is 7.04. The molecule has 3 heteroatoms. The molecule has 3 nitrogen and oxygen atoms in total. The number of anilines is 3. The smallest absolute Gasteiger partial charge is 0.0541 e. The van der Waals surface area contributed by atoms with Crippen LogP contribution in [0.3, 0.4) is 0 Å². The Morgan fingerprint density at radius 3 is 1.44 bits per heavy atom. The highest BCUT2D eigenvalue weighted by atomic mass is 15.1. The summed E-state index contributed by atoms with van der Waals surface area (Å²) in [4.78, 5) is 2.32. The van der Waals surface area contributed by atoms with Gasteiger partial charge in [-0.25, -0.2) is 0 Å². The average molecular weight is 666 g/mol. The van der Waals surface area contributed by atoms with E-state index in [1.54, 1.807) is 0 Å². The maximum absolute atomic E-state index is 2.41. The number of para-hydroxylation sites is 5. The number of benzene rings is 8. The minimum atomic E-state index is 1.11. The Bertz CT molecular complexity index is 2880. The molecular formula is C49H35N3. The van der Waals surface area contributed by atoms with E-state index in [0.717, 1.165) is 22.7 Å². The summed E-state index contributed by atoms with van der Waals surface area (Å²) in [5, 5.41) is 5.01. The van der Waals surface area contributed by atoms with Gasteiger partial charge >= 0.3 is 0 Å². The van der Waals surface area contributed by atoms with E-state index in [4.69, 9.17) is 0 Å². The summed E-state index contributed by atoms with van der Waals surface area (Å²) in [6.07, 6.45) is 0. The number of hydrogen-bond donors (Lipinski definition) is 0. The van der Waals surface area contributed by atoms with Crippen LogP contribution in [0.1, 0.15) is 5.56 Å². The van der Waals surface area contributed by atoms with E-state index in [2.05, 4.69) is 215 Å². The molecule has 0 saturated heterocycles. The summed E-state index contributed by atoms with van der Waals surface area (Å²) >= 11 is 0. The quantitative estimate of drug-likeness (QED) is 0.172. The molecular weight excluding hydrogens is 631 g/mol. The summed E-state index contributed by atoms with van der Waals surface area (Å²) in [6.45, 7) is 2.19. The summed E-state index contributed by atoms with van der Waals surface area (Å²) in [7, 11) is 0. The van der Waals surface area contributed by atoms with Gasteiger partial charge < -0.3 is 14.0 Å². The molecule has 0 atom stereocenters. The van der Waals surface area contributed by atoms with Gasteiger partial charge in [-0.2, -0.15) is 0 Å². The first kappa shape index (κ1) is 30.0. The predicted octanol–water partition coefficient (Wildman–Crippen LogP) is 13.3. The molecule has 2 aromatic heterocycles. The topological polar surface area (TPSA) is 13.1 Å². The minimum absolute atomic E-state index is 1.11. The van der Waals surface area contributed by atoms with Crippen molar-refractivity contribution in [2.24, 2.45) is 0 Å². The van der Waals surface area contributed by atoms with Crippen LogP contribution in [0.25, 0.3) is 66.1 Å². The molecule has 0 aliphatic carbocycles. The van der Waals surface area contributed by atoms with Gasteiger partial charge in [0.15, 0.2) is 0 Å². The maximum atomic E-state index is 2.41. The predicted molar refractivity (Wildman–Crippen MR) is 220 cm³/mol. The van der Waals surface area contributed by atoms with Crippen LogP contribution in [0.5, 0.6) is 0 Å². The van der Waals surface area contributed by atoms with Crippen LogP contribution in [0.4, 0.5) is 17.1 Å². The SMILES string of the molecule is Cc1ccccc1-n1c2ccccc2c2cc(-c3ccc4c(c3)c3ccccc3n4-c3cccc(N(c4ccccc4)c4ccccc4)c3)ccc21. The first-order valence-corrected chi connectivity index (χ1v) is 17.9. The molecule has 0 N–H and O–H groups in total. The molecule has 0 radical (unpaired) electrons. The van der Waals surface area contributed by atoms with Crippen molar-refractivity contribution in [2.45, 2.75) is 6.92 Å². The summed E-state index contributed by atoms with van der Waals surface area (Å²) in [5.41, 5.74) is 14.2. The molecule has 0 spiro atoms. The Labute approximate surface area is 302 Å². The number of nitrogens with zero attached hydrogens (tertiary/aromatic N) is 3. The van der Waals surface area contributed by atoms with Gasteiger partial charge in [0.1, 0.15) is 0 Å². The lowest BCUT2D eigenvalue weighted by Crippen LogP contribution is -2.10. The third-order valence-corrected chi connectivity index (χ3v) is 10.4. The van der Waals surface area contributed by atoms with E-state index in [-0.39, 0.29) is 0 Å². The number of aryl methyl sites for hydroxylation is 1. The van der Waals surface area contributed by atoms with E-state index in [1.807, 2.05) is 0 Å². The normalized spacial score (nSPS) is 11.6. The van der Waals surface area contributed by atoms with Crippen LogP contribution >= 0.6 is 0 Å². The van der Waals surface area contributed by atoms with Crippen molar-refractivity contribution in [1.82, 2.24) is 9.13 Å². The first-order chi connectivity index (χ1) is 25.7. The van der Waals surface area contributed by atoms with Gasteiger partial charge in [0.25, 0.3) is 0 Å². The second kappa shape index (κ2) is 12.2. The van der Waals surface area contributed by atoms with Crippen molar-refractivity contribution in [3.05, 3.63) is 200 Å². The molecule has 0 fully saturated rings. The summed E-state index contributed by atoms with van der Waals surface area (Å²) in [6, 6.07) is 70.1. The molecule has 52 heavy (non-hydrogen) atoms. The number of aromatic nitrogens is 2. The second-order valence-corrected chi connectivity index (χ2v) is 13.5. The highest BCUT2D eigenvalue weighted by Gasteiger charge is 2.18. The molecule has 0 unspecified atom stereocenters. The van der Waals surface area contributed by atoms with E-state index in [9.17, 15) is 0 Å². The third kappa shape index (κ3) is 4.82. The lowest BCUT2D eigenvalue weighted by molar-refractivity contribution is 1.15. The average Bonchev–Trinajstić information content (AvgIpc) is 3.71. The Balaban J connectivity index is 1.13. The molecule has 10 rings (SSSR count). The zero-order chi connectivity index (χ0) is 34.6. The largest absolute Gasteiger partial charge is 0.310 e. The number of fused-ring (bicyclic) bond motifs is 6. The molecule has 0 aliphatic heterocycles. The molecule has 2 heterocycles. The minimum Gasteiger partial charge on any atom is -0.310 e. The Morgan fingerprint density at radius 1 is 0.346 bits per heavy atom. The third-order valence-electron chi connectivity index (χ3n) is 10.4. The van der Waals surface area contributed by atoms with Crippen molar-refractivity contribution >= 4 is 60.7 Å². The van der Waals surface area contributed by atoms with Crippen LogP contribution in [0.15, 0.2) is 194 Å². The lowest BCUT2D eigenvalue weighted by Gasteiger charge is -2.26.